The minimum Gasteiger partial charge on any atom is -0.490 e. The van der Waals surface area contributed by atoms with Gasteiger partial charge in [0.2, 0.25) is 5.78 Å². The van der Waals surface area contributed by atoms with E-state index in [-0.39, 0.29) is 11.6 Å². The van der Waals surface area contributed by atoms with Crippen molar-refractivity contribution in [2.75, 3.05) is 6.61 Å². The number of aryl methyl sites for hydroxylation is 1. The number of hydrogen-bond acceptors (Lipinski definition) is 2. The summed E-state index contributed by atoms with van der Waals surface area (Å²) in [5, 5.41) is 0. The second kappa shape index (κ2) is 4.47. The molecule has 0 bridgehead atoms. The summed E-state index contributed by atoms with van der Waals surface area (Å²) >= 11 is 0. The van der Waals surface area contributed by atoms with Gasteiger partial charge in [-0.3, -0.25) is 4.79 Å². The summed E-state index contributed by atoms with van der Waals surface area (Å²) in [4.78, 5) is 11.9. The molecule has 0 saturated heterocycles. The Morgan fingerprint density at radius 2 is 2.25 bits per heavy atom. The Labute approximate surface area is 93.7 Å². The van der Waals surface area contributed by atoms with Crippen molar-refractivity contribution in [3.63, 3.8) is 0 Å². The third-order valence-corrected chi connectivity index (χ3v) is 2.59. The maximum atomic E-state index is 13.3. The van der Waals surface area contributed by atoms with Gasteiger partial charge in [-0.05, 0) is 37.5 Å². The molecule has 0 spiro atoms. The number of hydrogen-bond donors (Lipinski definition) is 0. The Balaban J connectivity index is 2.26. The Kier molecular flexibility index (Phi) is 3.04. The molecule has 1 aliphatic rings. The normalized spacial score (nSPS) is 15.2. The molecule has 0 amide bonds. The molecule has 0 atom stereocenters. The highest BCUT2D eigenvalue weighted by atomic mass is 19.1. The van der Waals surface area contributed by atoms with Gasteiger partial charge >= 0.3 is 0 Å². The Bertz CT molecular complexity index is 449. The SMILES string of the molecule is Cc1ccc(C(=O)C2=CCCCO2)cc1F. The van der Waals surface area contributed by atoms with E-state index in [9.17, 15) is 9.18 Å². The molecule has 1 aromatic carbocycles. The first-order valence-electron chi connectivity index (χ1n) is 5.32. The molecule has 0 radical (unpaired) electrons. The summed E-state index contributed by atoms with van der Waals surface area (Å²) in [6.45, 7) is 2.23. The van der Waals surface area contributed by atoms with E-state index in [2.05, 4.69) is 0 Å². The molecular weight excluding hydrogens is 207 g/mol. The maximum absolute atomic E-state index is 13.3. The molecule has 0 N–H and O–H groups in total. The number of carbonyl (C=O) groups excluding carboxylic acids is 1. The van der Waals surface area contributed by atoms with E-state index in [1.54, 1.807) is 25.1 Å². The quantitative estimate of drug-likeness (QED) is 0.716. The fourth-order valence-electron chi connectivity index (χ4n) is 1.59. The number of ether oxygens (including phenoxy) is 1. The molecule has 16 heavy (non-hydrogen) atoms. The van der Waals surface area contributed by atoms with Gasteiger partial charge < -0.3 is 4.74 Å². The fraction of sp³-hybridized carbons (Fsp3) is 0.308. The number of Topliss-reactive ketones (excluding diaryl/α,β-unsaturated/α-hetero) is 1. The molecule has 2 nitrogen and oxygen atoms in total. The molecule has 84 valence electrons. The van der Waals surface area contributed by atoms with Gasteiger partial charge in [-0.15, -0.1) is 0 Å². The summed E-state index contributed by atoms with van der Waals surface area (Å²) in [6.07, 6.45) is 3.54. The molecular formula is C13H13FO2. The van der Waals surface area contributed by atoms with Crippen molar-refractivity contribution in [1.82, 2.24) is 0 Å². The predicted molar refractivity (Wildman–Crippen MR) is 58.7 cm³/mol. The topological polar surface area (TPSA) is 26.3 Å². The Morgan fingerprint density at radius 1 is 1.44 bits per heavy atom. The van der Waals surface area contributed by atoms with Crippen LogP contribution in [-0.2, 0) is 4.74 Å². The zero-order valence-electron chi connectivity index (χ0n) is 9.13. The monoisotopic (exact) mass is 220 g/mol. The van der Waals surface area contributed by atoms with Crippen molar-refractivity contribution >= 4 is 5.78 Å². The Hall–Kier alpha value is -1.64. The van der Waals surface area contributed by atoms with Crippen molar-refractivity contribution in [2.45, 2.75) is 19.8 Å². The molecule has 0 aliphatic carbocycles. The van der Waals surface area contributed by atoms with Gasteiger partial charge in [-0.2, -0.15) is 0 Å². The van der Waals surface area contributed by atoms with Crippen molar-refractivity contribution in [3.05, 3.63) is 47.0 Å². The highest BCUT2D eigenvalue weighted by Gasteiger charge is 2.16. The Morgan fingerprint density at radius 3 is 2.88 bits per heavy atom. The van der Waals surface area contributed by atoms with Crippen LogP contribution in [0.1, 0.15) is 28.8 Å². The second-order valence-corrected chi connectivity index (χ2v) is 3.85. The van der Waals surface area contributed by atoms with Crippen LogP contribution in [0.4, 0.5) is 4.39 Å². The number of allylic oxidation sites excluding steroid dienone is 2. The molecule has 1 aromatic rings. The van der Waals surface area contributed by atoms with Crippen molar-refractivity contribution in [1.29, 1.82) is 0 Å². The summed E-state index contributed by atoms with van der Waals surface area (Å²) in [7, 11) is 0. The van der Waals surface area contributed by atoms with Crippen LogP contribution in [0.2, 0.25) is 0 Å². The lowest BCUT2D eigenvalue weighted by Gasteiger charge is -2.13. The lowest BCUT2D eigenvalue weighted by Crippen LogP contribution is -2.11. The standard InChI is InChI=1S/C13H13FO2/c1-9-5-6-10(8-11(9)14)13(15)12-4-2-3-7-16-12/h4-6,8H,2-3,7H2,1H3. The maximum Gasteiger partial charge on any atom is 0.227 e. The third-order valence-electron chi connectivity index (χ3n) is 2.59. The highest BCUT2D eigenvalue weighted by Crippen LogP contribution is 2.17. The van der Waals surface area contributed by atoms with Crippen LogP contribution in [-0.4, -0.2) is 12.4 Å². The number of halogens is 1. The van der Waals surface area contributed by atoms with Crippen molar-refractivity contribution < 1.29 is 13.9 Å². The molecule has 0 saturated carbocycles. The minimum absolute atomic E-state index is 0.237. The van der Waals surface area contributed by atoms with Crippen molar-refractivity contribution in [2.24, 2.45) is 0 Å². The minimum atomic E-state index is -0.359. The largest absolute Gasteiger partial charge is 0.490 e. The third kappa shape index (κ3) is 2.13. The molecule has 1 heterocycles. The first-order chi connectivity index (χ1) is 7.68. The zero-order valence-corrected chi connectivity index (χ0v) is 9.13. The predicted octanol–water partition coefficient (Wildman–Crippen LogP) is 3.01. The van der Waals surface area contributed by atoms with E-state index >= 15 is 0 Å². The molecule has 3 heteroatoms. The number of benzene rings is 1. The molecule has 0 fully saturated rings. The van der Waals surface area contributed by atoms with Crippen LogP contribution in [0.25, 0.3) is 0 Å². The van der Waals surface area contributed by atoms with Crippen LogP contribution in [0.5, 0.6) is 0 Å². The van der Waals surface area contributed by atoms with Crippen LogP contribution in [0, 0.1) is 12.7 Å². The first-order valence-corrected chi connectivity index (χ1v) is 5.32. The highest BCUT2D eigenvalue weighted by molar-refractivity contribution is 6.07. The van der Waals surface area contributed by atoms with Crippen LogP contribution < -0.4 is 0 Å². The zero-order chi connectivity index (χ0) is 11.5. The van der Waals surface area contributed by atoms with Gasteiger partial charge in [0.15, 0.2) is 5.76 Å². The van der Waals surface area contributed by atoms with E-state index in [0.29, 0.717) is 23.5 Å². The van der Waals surface area contributed by atoms with Gasteiger partial charge in [0.25, 0.3) is 0 Å². The number of carbonyl (C=O) groups is 1. The lowest BCUT2D eigenvalue weighted by molar-refractivity contribution is 0.0898. The number of ketones is 1. The van der Waals surface area contributed by atoms with Crippen molar-refractivity contribution in [3.8, 4) is 0 Å². The van der Waals surface area contributed by atoms with Crippen LogP contribution in [0.3, 0.4) is 0 Å². The molecule has 2 rings (SSSR count). The summed E-state index contributed by atoms with van der Waals surface area (Å²) in [5.41, 5.74) is 0.881. The lowest BCUT2D eigenvalue weighted by atomic mass is 10.1. The van der Waals surface area contributed by atoms with Gasteiger partial charge in [0.1, 0.15) is 5.82 Å². The average molecular weight is 220 g/mol. The average Bonchev–Trinajstić information content (AvgIpc) is 2.33. The molecule has 1 aliphatic heterocycles. The van der Waals surface area contributed by atoms with Crippen LogP contribution in [0.15, 0.2) is 30.0 Å². The molecule has 0 unspecified atom stereocenters. The van der Waals surface area contributed by atoms with Gasteiger partial charge in [0.05, 0.1) is 6.61 Å². The fourth-order valence-corrected chi connectivity index (χ4v) is 1.59. The molecule has 0 aromatic heterocycles. The summed E-state index contributed by atoms with van der Waals surface area (Å²) < 4.78 is 18.5. The van der Waals surface area contributed by atoms with Crippen LogP contribution >= 0.6 is 0 Å². The van der Waals surface area contributed by atoms with Gasteiger partial charge in [-0.25, -0.2) is 4.39 Å². The smallest absolute Gasteiger partial charge is 0.227 e. The van der Waals surface area contributed by atoms with E-state index in [1.807, 2.05) is 0 Å². The van der Waals surface area contributed by atoms with E-state index < -0.39 is 0 Å². The van der Waals surface area contributed by atoms with Gasteiger partial charge in [-0.1, -0.05) is 12.1 Å². The summed E-state index contributed by atoms with van der Waals surface area (Å²) in [5.74, 6) is -0.254. The van der Waals surface area contributed by atoms with Gasteiger partial charge in [0, 0.05) is 5.56 Å². The van der Waals surface area contributed by atoms with E-state index in [1.165, 1.54) is 6.07 Å². The number of rotatable bonds is 2. The van der Waals surface area contributed by atoms with E-state index in [0.717, 1.165) is 12.8 Å². The summed E-state index contributed by atoms with van der Waals surface area (Å²) in [6, 6.07) is 4.49. The second-order valence-electron chi connectivity index (χ2n) is 3.85. The van der Waals surface area contributed by atoms with E-state index in [4.69, 9.17) is 4.74 Å². The first kappa shape index (κ1) is 10.9.